The molecule has 2 aliphatic rings. The highest BCUT2D eigenvalue weighted by Crippen LogP contribution is 2.38. The number of aliphatic hydroxyl groups is 1. The summed E-state index contributed by atoms with van der Waals surface area (Å²) in [5.74, 6) is -1.09. The minimum absolute atomic E-state index is 0.106. The van der Waals surface area contributed by atoms with Crippen molar-refractivity contribution >= 4 is 17.7 Å². The van der Waals surface area contributed by atoms with Gasteiger partial charge >= 0.3 is 0 Å². The molecule has 0 saturated carbocycles. The van der Waals surface area contributed by atoms with Gasteiger partial charge in [-0.2, -0.15) is 0 Å². The van der Waals surface area contributed by atoms with Crippen molar-refractivity contribution in [2.45, 2.75) is 12.3 Å². The Bertz CT molecular complexity index is 946. The number of carbonyl (C=O) groups excluding carboxylic acids is 3. The molecule has 144 valence electrons. The third-order valence-electron chi connectivity index (χ3n) is 5.35. The van der Waals surface area contributed by atoms with Crippen LogP contribution in [0.25, 0.3) is 0 Å². The van der Waals surface area contributed by atoms with Crippen LogP contribution in [0.3, 0.4) is 0 Å². The van der Waals surface area contributed by atoms with Crippen molar-refractivity contribution in [2.75, 3.05) is 26.7 Å². The van der Waals surface area contributed by atoms with E-state index in [2.05, 4.69) is 0 Å². The van der Waals surface area contributed by atoms with E-state index < -0.39 is 17.5 Å². The van der Waals surface area contributed by atoms with Gasteiger partial charge in [0.15, 0.2) is 5.72 Å². The summed E-state index contributed by atoms with van der Waals surface area (Å²) in [6.07, 6.45) is 0. The fraction of sp³-hybridized carbons (Fsp3) is 0.286. The summed E-state index contributed by atoms with van der Waals surface area (Å²) >= 11 is 0. The second kappa shape index (κ2) is 6.76. The number of hydrogen-bond donors (Lipinski definition) is 1. The lowest BCUT2D eigenvalue weighted by atomic mass is 10.00. The number of benzene rings is 2. The normalized spacial score (nSPS) is 22.5. The molecule has 4 rings (SSSR count). The largest absolute Gasteiger partial charge is 0.365 e. The van der Waals surface area contributed by atoms with Crippen molar-refractivity contribution in [1.29, 1.82) is 0 Å². The first-order valence-electron chi connectivity index (χ1n) is 9.09. The number of amides is 3. The van der Waals surface area contributed by atoms with Gasteiger partial charge in [0, 0.05) is 24.7 Å². The number of carbonyl (C=O) groups is 3. The molecular weight excluding hydrogens is 358 g/mol. The van der Waals surface area contributed by atoms with E-state index in [-0.39, 0.29) is 32.1 Å². The molecule has 0 spiro atoms. The van der Waals surface area contributed by atoms with Gasteiger partial charge in [-0.3, -0.25) is 19.3 Å². The average Bonchev–Trinajstić information content (AvgIpc) is 2.91. The maximum absolute atomic E-state index is 12.9. The van der Waals surface area contributed by atoms with E-state index >= 15 is 0 Å². The summed E-state index contributed by atoms with van der Waals surface area (Å²) in [5.41, 5.74) is -0.0768. The summed E-state index contributed by atoms with van der Waals surface area (Å²) in [7, 11) is 1.53. The number of nitrogens with zero attached hydrogens (tertiary/aromatic N) is 3. The number of β-amino-alcohol motifs (C(OH)–C–C–N with tert-alkyl or cyclic N) is 1. The predicted molar refractivity (Wildman–Crippen MR) is 101 cm³/mol. The quantitative estimate of drug-likeness (QED) is 0.837. The van der Waals surface area contributed by atoms with E-state index in [0.717, 1.165) is 5.56 Å². The Morgan fingerprint density at radius 2 is 1.61 bits per heavy atom. The molecule has 1 N–H and O–H groups in total. The van der Waals surface area contributed by atoms with Gasteiger partial charge in [0.25, 0.3) is 5.91 Å². The van der Waals surface area contributed by atoms with Crippen molar-refractivity contribution in [1.82, 2.24) is 14.7 Å². The maximum Gasteiger partial charge on any atom is 0.257 e. The SMILES string of the molecule is CN1CC(=O)N(Cc2ccccc2)CC2(O)c3ccccc3C(=O)N2CC1=O. The third kappa shape index (κ3) is 2.93. The molecule has 7 nitrogen and oxygen atoms in total. The summed E-state index contributed by atoms with van der Waals surface area (Å²) in [6.45, 7) is -0.225. The smallest absolute Gasteiger partial charge is 0.257 e. The Hall–Kier alpha value is -3.19. The van der Waals surface area contributed by atoms with Crippen LogP contribution in [0.2, 0.25) is 0 Å². The van der Waals surface area contributed by atoms with Crippen LogP contribution in [0, 0.1) is 0 Å². The number of fused-ring (bicyclic) bond motifs is 3. The molecular formula is C21H21N3O4. The van der Waals surface area contributed by atoms with E-state index in [4.69, 9.17) is 0 Å². The van der Waals surface area contributed by atoms with Crippen LogP contribution in [0.1, 0.15) is 21.5 Å². The van der Waals surface area contributed by atoms with Gasteiger partial charge in [0.2, 0.25) is 11.8 Å². The molecule has 1 fully saturated rings. The van der Waals surface area contributed by atoms with Crippen LogP contribution in [0.5, 0.6) is 0 Å². The highest BCUT2D eigenvalue weighted by atomic mass is 16.3. The minimum Gasteiger partial charge on any atom is -0.365 e. The number of rotatable bonds is 2. The summed E-state index contributed by atoms with van der Waals surface area (Å²) in [4.78, 5) is 42.4. The van der Waals surface area contributed by atoms with E-state index in [1.165, 1.54) is 21.7 Å². The number of likely N-dealkylation sites (N-methyl/N-ethyl adjacent to an activating group) is 1. The van der Waals surface area contributed by atoms with Gasteiger partial charge in [-0.05, 0) is 11.6 Å². The zero-order valence-corrected chi connectivity index (χ0v) is 15.5. The Labute approximate surface area is 162 Å². The first-order valence-corrected chi connectivity index (χ1v) is 9.09. The summed E-state index contributed by atoms with van der Waals surface area (Å²) in [5, 5.41) is 11.6. The van der Waals surface area contributed by atoms with Gasteiger partial charge in [0.1, 0.15) is 6.54 Å². The molecule has 1 unspecified atom stereocenters. The third-order valence-corrected chi connectivity index (χ3v) is 5.35. The molecule has 2 aliphatic heterocycles. The fourth-order valence-corrected chi connectivity index (χ4v) is 3.80. The highest BCUT2D eigenvalue weighted by molar-refractivity contribution is 6.02. The zero-order valence-electron chi connectivity index (χ0n) is 15.5. The van der Waals surface area contributed by atoms with Gasteiger partial charge in [-0.25, -0.2) is 0 Å². The highest BCUT2D eigenvalue weighted by Gasteiger charge is 2.51. The predicted octanol–water partition coefficient (Wildman–Crippen LogP) is 0.788. The van der Waals surface area contributed by atoms with E-state index in [1.54, 1.807) is 24.3 Å². The summed E-state index contributed by atoms with van der Waals surface area (Å²) < 4.78 is 0. The Morgan fingerprint density at radius 1 is 0.929 bits per heavy atom. The Balaban J connectivity index is 1.78. The lowest BCUT2D eigenvalue weighted by Gasteiger charge is -2.37. The molecule has 2 aromatic carbocycles. The van der Waals surface area contributed by atoms with E-state index in [9.17, 15) is 19.5 Å². The fourth-order valence-electron chi connectivity index (χ4n) is 3.80. The molecule has 0 bridgehead atoms. The standard InChI is InChI=1S/C21H21N3O4/c1-22-12-19(26)23(11-15-7-3-2-4-8-15)14-21(28)17-10-6-5-9-16(17)20(27)24(21)13-18(22)25/h2-10,28H,11-14H2,1H3. The van der Waals surface area contributed by atoms with Crippen LogP contribution < -0.4 is 0 Å². The maximum atomic E-state index is 12.9. The molecule has 0 radical (unpaired) electrons. The van der Waals surface area contributed by atoms with Crippen molar-refractivity contribution in [3.63, 3.8) is 0 Å². The van der Waals surface area contributed by atoms with Crippen LogP contribution in [0.4, 0.5) is 0 Å². The van der Waals surface area contributed by atoms with Gasteiger partial charge in [0.05, 0.1) is 13.1 Å². The molecule has 0 aliphatic carbocycles. The minimum atomic E-state index is -1.75. The monoisotopic (exact) mass is 379 g/mol. The first kappa shape index (κ1) is 18.2. The van der Waals surface area contributed by atoms with Crippen LogP contribution in [0.15, 0.2) is 54.6 Å². The molecule has 28 heavy (non-hydrogen) atoms. The molecule has 7 heteroatoms. The van der Waals surface area contributed by atoms with Crippen LogP contribution in [-0.4, -0.2) is 64.2 Å². The lowest BCUT2D eigenvalue weighted by molar-refractivity contribution is -0.143. The van der Waals surface area contributed by atoms with Crippen molar-refractivity contribution < 1.29 is 19.5 Å². The zero-order chi connectivity index (χ0) is 19.9. The van der Waals surface area contributed by atoms with E-state index in [0.29, 0.717) is 11.1 Å². The van der Waals surface area contributed by atoms with Gasteiger partial charge < -0.3 is 14.9 Å². The second-order valence-corrected chi connectivity index (χ2v) is 7.24. The van der Waals surface area contributed by atoms with Gasteiger partial charge in [-0.1, -0.05) is 48.5 Å². The second-order valence-electron chi connectivity index (χ2n) is 7.24. The molecule has 2 aromatic rings. The molecule has 0 aromatic heterocycles. The molecule has 1 atom stereocenters. The molecule has 2 heterocycles. The lowest BCUT2D eigenvalue weighted by Crippen LogP contribution is -2.53. The topological polar surface area (TPSA) is 81.2 Å². The van der Waals surface area contributed by atoms with Crippen molar-refractivity contribution in [2.24, 2.45) is 0 Å². The molecule has 1 saturated heterocycles. The van der Waals surface area contributed by atoms with E-state index in [1.807, 2.05) is 30.3 Å². The van der Waals surface area contributed by atoms with Crippen molar-refractivity contribution in [3.05, 3.63) is 71.3 Å². The van der Waals surface area contributed by atoms with Gasteiger partial charge in [-0.15, -0.1) is 0 Å². The first-order chi connectivity index (χ1) is 13.4. The molecule has 3 amide bonds. The van der Waals surface area contributed by atoms with Crippen molar-refractivity contribution in [3.8, 4) is 0 Å². The number of hydrogen-bond acceptors (Lipinski definition) is 4. The van der Waals surface area contributed by atoms with Crippen LogP contribution >= 0.6 is 0 Å². The van der Waals surface area contributed by atoms with Crippen LogP contribution in [-0.2, 0) is 21.9 Å². The Morgan fingerprint density at radius 3 is 2.36 bits per heavy atom. The average molecular weight is 379 g/mol. The Kier molecular flexibility index (Phi) is 4.39. The summed E-state index contributed by atoms with van der Waals surface area (Å²) in [6, 6.07) is 16.2.